The molecule has 0 spiro atoms. The van der Waals surface area contributed by atoms with Gasteiger partial charge in [-0.25, -0.2) is 0 Å². The topological polar surface area (TPSA) is 26.0 Å². The quantitative estimate of drug-likeness (QED) is 0.734. The number of nitrogens with two attached hydrogens (primary N) is 1. The Labute approximate surface area is 80.0 Å². The lowest BCUT2D eigenvalue weighted by Gasteiger charge is -2.07. The van der Waals surface area contributed by atoms with E-state index in [2.05, 4.69) is 38.1 Å². The highest BCUT2D eigenvalue weighted by Crippen LogP contribution is 2.51. The van der Waals surface area contributed by atoms with Crippen molar-refractivity contribution in [2.24, 2.45) is 5.73 Å². The van der Waals surface area contributed by atoms with Gasteiger partial charge in [0.25, 0.3) is 0 Å². The summed E-state index contributed by atoms with van der Waals surface area (Å²) < 4.78 is 0. The van der Waals surface area contributed by atoms with Crippen molar-refractivity contribution in [1.82, 2.24) is 0 Å². The molecule has 0 bridgehead atoms. The molecule has 1 aromatic carbocycles. The molecule has 1 fully saturated rings. The van der Waals surface area contributed by atoms with E-state index < -0.39 is 0 Å². The summed E-state index contributed by atoms with van der Waals surface area (Å²) in [6, 6.07) is 8.77. The standard InChI is InChI=1S/C12H17N/c1-3-12(13)8-11(12)10-6-4-9(2)5-7-10/h4-7,11H,3,8,13H2,1-2H3. The van der Waals surface area contributed by atoms with Crippen molar-refractivity contribution in [3.05, 3.63) is 35.4 Å². The van der Waals surface area contributed by atoms with Crippen LogP contribution in [0.5, 0.6) is 0 Å². The fourth-order valence-electron chi connectivity index (χ4n) is 1.96. The molecule has 2 rings (SSSR count). The lowest BCUT2D eigenvalue weighted by atomic mass is 10.0. The third-order valence-electron chi connectivity index (χ3n) is 3.26. The maximum absolute atomic E-state index is 6.16. The van der Waals surface area contributed by atoms with Gasteiger partial charge in [-0.15, -0.1) is 0 Å². The first-order valence-electron chi connectivity index (χ1n) is 5.01. The maximum atomic E-state index is 6.16. The normalized spacial score (nSPS) is 31.8. The first-order chi connectivity index (χ1) is 6.15. The van der Waals surface area contributed by atoms with Gasteiger partial charge in [0.15, 0.2) is 0 Å². The molecule has 1 aromatic rings. The molecule has 0 heterocycles. The maximum Gasteiger partial charge on any atom is 0.0228 e. The predicted octanol–water partition coefficient (Wildman–Crippen LogP) is 2.59. The summed E-state index contributed by atoms with van der Waals surface area (Å²) in [5.41, 5.74) is 9.00. The Morgan fingerprint density at radius 1 is 1.38 bits per heavy atom. The molecule has 0 saturated heterocycles. The molecule has 2 N–H and O–H groups in total. The monoisotopic (exact) mass is 175 g/mol. The third kappa shape index (κ3) is 1.49. The Kier molecular flexibility index (Phi) is 1.92. The van der Waals surface area contributed by atoms with Crippen LogP contribution < -0.4 is 5.73 Å². The van der Waals surface area contributed by atoms with Crippen LogP contribution in [0.3, 0.4) is 0 Å². The smallest absolute Gasteiger partial charge is 0.0228 e. The van der Waals surface area contributed by atoms with Gasteiger partial charge in [-0.3, -0.25) is 0 Å². The molecule has 1 saturated carbocycles. The van der Waals surface area contributed by atoms with Crippen LogP contribution in [0.25, 0.3) is 0 Å². The first-order valence-corrected chi connectivity index (χ1v) is 5.01. The van der Waals surface area contributed by atoms with Crippen molar-refractivity contribution >= 4 is 0 Å². The minimum atomic E-state index is 0.106. The van der Waals surface area contributed by atoms with Gasteiger partial charge in [-0.2, -0.15) is 0 Å². The molecular formula is C12H17N. The van der Waals surface area contributed by atoms with Crippen LogP contribution in [0.1, 0.15) is 36.8 Å². The summed E-state index contributed by atoms with van der Waals surface area (Å²) in [6.45, 7) is 4.29. The van der Waals surface area contributed by atoms with E-state index >= 15 is 0 Å². The Bertz CT molecular complexity index is 301. The lowest BCUT2D eigenvalue weighted by Crippen LogP contribution is -2.22. The molecule has 2 atom stereocenters. The van der Waals surface area contributed by atoms with E-state index in [0.29, 0.717) is 5.92 Å². The van der Waals surface area contributed by atoms with Crippen LogP contribution in [0.15, 0.2) is 24.3 Å². The van der Waals surface area contributed by atoms with Crippen molar-refractivity contribution in [3.63, 3.8) is 0 Å². The van der Waals surface area contributed by atoms with Crippen LogP contribution in [-0.2, 0) is 0 Å². The van der Waals surface area contributed by atoms with Crippen molar-refractivity contribution in [1.29, 1.82) is 0 Å². The predicted molar refractivity (Wildman–Crippen MR) is 55.7 cm³/mol. The van der Waals surface area contributed by atoms with Crippen LogP contribution in [0.2, 0.25) is 0 Å². The van der Waals surface area contributed by atoms with Gasteiger partial charge in [0.1, 0.15) is 0 Å². The Balaban J connectivity index is 2.16. The molecule has 13 heavy (non-hydrogen) atoms. The second kappa shape index (κ2) is 2.85. The highest BCUT2D eigenvalue weighted by atomic mass is 14.9. The highest BCUT2D eigenvalue weighted by molar-refractivity contribution is 5.34. The summed E-state index contributed by atoms with van der Waals surface area (Å²) in [5, 5.41) is 0. The Morgan fingerprint density at radius 3 is 2.46 bits per heavy atom. The number of hydrogen-bond donors (Lipinski definition) is 1. The zero-order chi connectivity index (χ0) is 9.47. The van der Waals surface area contributed by atoms with Gasteiger partial charge in [-0.1, -0.05) is 36.8 Å². The van der Waals surface area contributed by atoms with Gasteiger partial charge < -0.3 is 5.73 Å². The van der Waals surface area contributed by atoms with Crippen molar-refractivity contribution in [3.8, 4) is 0 Å². The summed E-state index contributed by atoms with van der Waals surface area (Å²) in [6.07, 6.45) is 2.25. The minimum Gasteiger partial charge on any atom is -0.325 e. The molecule has 1 nitrogen and oxygen atoms in total. The van der Waals surface area contributed by atoms with E-state index in [0.717, 1.165) is 12.8 Å². The largest absolute Gasteiger partial charge is 0.325 e. The van der Waals surface area contributed by atoms with E-state index in [4.69, 9.17) is 5.73 Å². The van der Waals surface area contributed by atoms with Gasteiger partial charge in [0.2, 0.25) is 0 Å². The fourth-order valence-corrected chi connectivity index (χ4v) is 1.96. The molecule has 1 aliphatic rings. The van der Waals surface area contributed by atoms with Crippen LogP contribution in [0, 0.1) is 6.92 Å². The lowest BCUT2D eigenvalue weighted by molar-refractivity contribution is 0.626. The number of rotatable bonds is 2. The average Bonchev–Trinajstić information content (AvgIpc) is 2.81. The molecule has 70 valence electrons. The van der Waals surface area contributed by atoms with Crippen molar-refractivity contribution in [2.45, 2.75) is 38.1 Å². The Morgan fingerprint density at radius 2 is 2.00 bits per heavy atom. The SMILES string of the molecule is CCC1(N)CC1c1ccc(C)cc1. The van der Waals surface area contributed by atoms with Crippen LogP contribution in [0.4, 0.5) is 0 Å². The molecule has 1 aliphatic carbocycles. The highest BCUT2D eigenvalue weighted by Gasteiger charge is 2.49. The third-order valence-corrected chi connectivity index (χ3v) is 3.26. The Hall–Kier alpha value is -0.820. The van der Waals surface area contributed by atoms with E-state index in [9.17, 15) is 0 Å². The molecule has 0 aliphatic heterocycles. The summed E-state index contributed by atoms with van der Waals surface area (Å²) in [4.78, 5) is 0. The van der Waals surface area contributed by atoms with Crippen LogP contribution in [-0.4, -0.2) is 5.54 Å². The van der Waals surface area contributed by atoms with E-state index in [-0.39, 0.29) is 5.54 Å². The van der Waals surface area contributed by atoms with E-state index in [1.165, 1.54) is 11.1 Å². The first kappa shape index (κ1) is 8.76. The summed E-state index contributed by atoms with van der Waals surface area (Å²) in [5.74, 6) is 0.609. The van der Waals surface area contributed by atoms with Crippen molar-refractivity contribution in [2.75, 3.05) is 0 Å². The second-order valence-corrected chi connectivity index (χ2v) is 4.25. The van der Waals surface area contributed by atoms with Gasteiger partial charge >= 0.3 is 0 Å². The van der Waals surface area contributed by atoms with E-state index in [1.54, 1.807) is 0 Å². The molecule has 2 unspecified atom stereocenters. The summed E-state index contributed by atoms with van der Waals surface area (Å²) in [7, 11) is 0. The average molecular weight is 175 g/mol. The number of aryl methyl sites for hydroxylation is 1. The van der Waals surface area contributed by atoms with Gasteiger partial charge in [0, 0.05) is 11.5 Å². The number of hydrogen-bond acceptors (Lipinski definition) is 1. The molecule has 0 aromatic heterocycles. The van der Waals surface area contributed by atoms with Crippen LogP contribution >= 0.6 is 0 Å². The molecule has 1 heteroatoms. The second-order valence-electron chi connectivity index (χ2n) is 4.25. The zero-order valence-electron chi connectivity index (χ0n) is 8.38. The zero-order valence-corrected chi connectivity index (χ0v) is 8.38. The van der Waals surface area contributed by atoms with Gasteiger partial charge in [0.05, 0.1) is 0 Å². The minimum absolute atomic E-state index is 0.106. The summed E-state index contributed by atoms with van der Waals surface area (Å²) >= 11 is 0. The molecule has 0 radical (unpaired) electrons. The van der Waals surface area contributed by atoms with E-state index in [1.807, 2.05) is 0 Å². The van der Waals surface area contributed by atoms with Gasteiger partial charge in [-0.05, 0) is 25.3 Å². The van der Waals surface area contributed by atoms with Crippen molar-refractivity contribution < 1.29 is 0 Å². The molecule has 0 amide bonds. The number of benzene rings is 1. The molecular weight excluding hydrogens is 158 g/mol. The fraction of sp³-hybridized carbons (Fsp3) is 0.500.